The van der Waals surface area contributed by atoms with Gasteiger partial charge in [-0.05, 0) is 0 Å². The maximum Gasteiger partial charge on any atom is 0.167 e. The van der Waals surface area contributed by atoms with Crippen molar-refractivity contribution in [2.45, 2.75) is 11.5 Å². The first-order valence-electron chi connectivity index (χ1n) is 8.15. The standard InChI is InChI=1S/C20H16N2O3S/c23-26(13-17-11-20(25-21-17)16-9-5-2-6-10-16)14-18-12-19(22-24-18)15-7-3-1-4-8-15/h1-12H,13-14H2. The molecule has 26 heavy (non-hydrogen) atoms. The first kappa shape index (κ1) is 16.5. The molecule has 5 nitrogen and oxygen atoms in total. The van der Waals surface area contributed by atoms with E-state index in [1.54, 1.807) is 0 Å². The average Bonchev–Trinajstić information content (AvgIpc) is 3.33. The van der Waals surface area contributed by atoms with Crippen molar-refractivity contribution in [3.05, 3.63) is 84.3 Å². The predicted molar refractivity (Wildman–Crippen MR) is 99.4 cm³/mol. The van der Waals surface area contributed by atoms with Crippen LogP contribution in [0.5, 0.6) is 0 Å². The number of aromatic nitrogens is 2. The van der Waals surface area contributed by atoms with Crippen molar-refractivity contribution in [2.75, 3.05) is 0 Å². The van der Waals surface area contributed by atoms with Crippen molar-refractivity contribution in [1.29, 1.82) is 0 Å². The summed E-state index contributed by atoms with van der Waals surface area (Å²) in [5.74, 6) is 1.85. The second kappa shape index (κ2) is 7.49. The largest absolute Gasteiger partial charge is 0.360 e. The van der Waals surface area contributed by atoms with E-state index in [0.29, 0.717) is 23.0 Å². The monoisotopic (exact) mass is 364 g/mol. The molecule has 0 aliphatic heterocycles. The zero-order valence-electron chi connectivity index (χ0n) is 13.9. The molecule has 0 aliphatic rings. The fourth-order valence-corrected chi connectivity index (χ4v) is 3.64. The van der Waals surface area contributed by atoms with Crippen LogP contribution < -0.4 is 0 Å². The summed E-state index contributed by atoms with van der Waals surface area (Å²) in [4.78, 5) is 0. The summed E-state index contributed by atoms with van der Waals surface area (Å²) >= 11 is 0. The summed E-state index contributed by atoms with van der Waals surface area (Å²) in [6.07, 6.45) is 0. The highest BCUT2D eigenvalue weighted by Gasteiger charge is 2.13. The number of nitrogens with zero attached hydrogens (tertiary/aromatic N) is 2. The Morgan fingerprint density at radius 2 is 1.46 bits per heavy atom. The molecule has 0 radical (unpaired) electrons. The van der Waals surface area contributed by atoms with E-state index in [4.69, 9.17) is 9.05 Å². The number of hydrogen-bond acceptors (Lipinski definition) is 5. The molecule has 0 aliphatic carbocycles. The highest BCUT2D eigenvalue weighted by Crippen LogP contribution is 2.22. The first-order valence-corrected chi connectivity index (χ1v) is 9.64. The minimum absolute atomic E-state index is 0.285. The number of rotatable bonds is 6. The third-order valence-electron chi connectivity index (χ3n) is 3.86. The zero-order chi connectivity index (χ0) is 17.8. The summed E-state index contributed by atoms with van der Waals surface area (Å²) < 4.78 is 23.1. The fourth-order valence-electron chi connectivity index (χ4n) is 2.62. The van der Waals surface area contributed by atoms with Crippen molar-refractivity contribution in [2.24, 2.45) is 0 Å². The third kappa shape index (κ3) is 3.81. The molecule has 2 aromatic heterocycles. The molecule has 2 heterocycles. The van der Waals surface area contributed by atoms with Gasteiger partial charge < -0.3 is 9.05 Å². The lowest BCUT2D eigenvalue weighted by Crippen LogP contribution is -1.98. The Balaban J connectivity index is 1.40. The summed E-state index contributed by atoms with van der Waals surface area (Å²) in [7, 11) is -1.16. The van der Waals surface area contributed by atoms with Gasteiger partial charge in [-0.15, -0.1) is 0 Å². The first-order chi connectivity index (χ1) is 12.8. The topological polar surface area (TPSA) is 69.1 Å². The van der Waals surface area contributed by atoms with Gasteiger partial charge in [-0.3, -0.25) is 4.21 Å². The van der Waals surface area contributed by atoms with E-state index in [1.165, 1.54) is 0 Å². The number of benzene rings is 2. The molecular weight excluding hydrogens is 348 g/mol. The van der Waals surface area contributed by atoms with E-state index in [2.05, 4.69) is 10.3 Å². The van der Waals surface area contributed by atoms with Crippen LogP contribution in [-0.4, -0.2) is 14.5 Å². The van der Waals surface area contributed by atoms with Crippen LogP contribution in [0.15, 0.2) is 81.8 Å². The van der Waals surface area contributed by atoms with Gasteiger partial charge in [0.05, 0.1) is 17.2 Å². The van der Waals surface area contributed by atoms with Crippen molar-refractivity contribution in [3.63, 3.8) is 0 Å². The van der Waals surface area contributed by atoms with Crippen molar-refractivity contribution >= 4 is 10.8 Å². The Bertz CT molecular complexity index is 928. The Kier molecular flexibility index (Phi) is 4.75. The third-order valence-corrected chi connectivity index (χ3v) is 5.08. The molecule has 1 atom stereocenters. The second-order valence-electron chi connectivity index (χ2n) is 5.82. The van der Waals surface area contributed by atoms with Gasteiger partial charge in [0, 0.05) is 34.1 Å². The maximum absolute atomic E-state index is 12.4. The molecule has 4 aromatic rings. The molecule has 1 unspecified atom stereocenters. The van der Waals surface area contributed by atoms with Gasteiger partial charge in [0.2, 0.25) is 0 Å². The minimum atomic E-state index is -1.16. The van der Waals surface area contributed by atoms with E-state index < -0.39 is 10.8 Å². The second-order valence-corrected chi connectivity index (χ2v) is 7.28. The lowest BCUT2D eigenvalue weighted by Gasteiger charge is -1.95. The molecule has 2 aromatic carbocycles. The van der Waals surface area contributed by atoms with Crippen molar-refractivity contribution in [1.82, 2.24) is 10.3 Å². The van der Waals surface area contributed by atoms with E-state index in [9.17, 15) is 4.21 Å². The summed E-state index contributed by atoms with van der Waals surface area (Å²) in [5, 5.41) is 8.06. The van der Waals surface area contributed by atoms with Gasteiger partial charge in [-0.25, -0.2) is 0 Å². The summed E-state index contributed by atoms with van der Waals surface area (Å²) in [6.45, 7) is 0. The molecule has 6 heteroatoms. The van der Waals surface area contributed by atoms with Crippen LogP contribution >= 0.6 is 0 Å². The van der Waals surface area contributed by atoms with Gasteiger partial charge in [-0.1, -0.05) is 71.0 Å². The SMILES string of the molecule is O=S(Cc1cc(-c2ccccc2)on1)Cc1cc(-c2ccccc2)no1. The molecule has 130 valence electrons. The molecule has 0 fully saturated rings. The Hall–Kier alpha value is -2.99. The highest BCUT2D eigenvalue weighted by molar-refractivity contribution is 7.83. The summed E-state index contributed by atoms with van der Waals surface area (Å²) in [5.41, 5.74) is 3.31. The summed E-state index contributed by atoms with van der Waals surface area (Å²) in [6, 6.07) is 23.1. The van der Waals surface area contributed by atoms with E-state index in [-0.39, 0.29) is 5.75 Å². The molecule has 4 rings (SSSR count). The van der Waals surface area contributed by atoms with E-state index in [0.717, 1.165) is 16.8 Å². The van der Waals surface area contributed by atoms with Crippen molar-refractivity contribution in [3.8, 4) is 22.6 Å². The molecule has 0 saturated carbocycles. The van der Waals surface area contributed by atoms with Crippen LogP contribution in [0.2, 0.25) is 0 Å². The normalized spacial score (nSPS) is 12.2. The number of hydrogen-bond donors (Lipinski definition) is 0. The molecule has 0 saturated heterocycles. The maximum atomic E-state index is 12.4. The Labute approximate surface area is 153 Å². The molecule has 0 N–H and O–H groups in total. The van der Waals surface area contributed by atoms with Crippen LogP contribution in [0.3, 0.4) is 0 Å². The fraction of sp³-hybridized carbons (Fsp3) is 0.100. The van der Waals surface area contributed by atoms with Crippen molar-refractivity contribution < 1.29 is 13.3 Å². The zero-order valence-corrected chi connectivity index (χ0v) is 14.7. The van der Waals surface area contributed by atoms with Gasteiger partial charge in [0.1, 0.15) is 11.5 Å². The van der Waals surface area contributed by atoms with Crippen LogP contribution in [0.4, 0.5) is 0 Å². The molecule has 0 spiro atoms. The van der Waals surface area contributed by atoms with Crippen LogP contribution in [0, 0.1) is 0 Å². The smallest absolute Gasteiger partial charge is 0.167 e. The van der Waals surface area contributed by atoms with Crippen LogP contribution in [-0.2, 0) is 22.3 Å². The lowest BCUT2D eigenvalue weighted by atomic mass is 10.1. The van der Waals surface area contributed by atoms with Gasteiger partial charge in [-0.2, -0.15) is 0 Å². The average molecular weight is 364 g/mol. The predicted octanol–water partition coefficient (Wildman–Crippen LogP) is 4.45. The molecule has 0 bridgehead atoms. The van der Waals surface area contributed by atoms with Gasteiger partial charge in [0.15, 0.2) is 5.76 Å². The molecular formula is C20H16N2O3S. The van der Waals surface area contributed by atoms with E-state index in [1.807, 2.05) is 72.8 Å². The lowest BCUT2D eigenvalue weighted by molar-refractivity contribution is 0.396. The minimum Gasteiger partial charge on any atom is -0.360 e. The van der Waals surface area contributed by atoms with E-state index >= 15 is 0 Å². The van der Waals surface area contributed by atoms with Crippen LogP contribution in [0.1, 0.15) is 11.5 Å². The van der Waals surface area contributed by atoms with Gasteiger partial charge >= 0.3 is 0 Å². The highest BCUT2D eigenvalue weighted by atomic mass is 32.2. The van der Waals surface area contributed by atoms with Gasteiger partial charge in [0.25, 0.3) is 0 Å². The van der Waals surface area contributed by atoms with Crippen LogP contribution in [0.25, 0.3) is 22.6 Å². The Morgan fingerprint density at radius 1 is 0.769 bits per heavy atom. The molecule has 0 amide bonds. The Morgan fingerprint density at radius 3 is 2.19 bits per heavy atom. The quantitative estimate of drug-likeness (QED) is 0.506.